The Balaban J connectivity index is 0.00000138. The number of aromatic nitrogens is 2. The highest BCUT2D eigenvalue weighted by molar-refractivity contribution is 5.98. The fraction of sp³-hybridized carbons (Fsp3) is 0.609. The summed E-state index contributed by atoms with van der Waals surface area (Å²) in [6.45, 7) is 17.2. The number of rotatable bonds is 16. The average Bonchev–Trinajstić information content (AvgIpc) is 3.73. The van der Waals surface area contributed by atoms with E-state index in [0.717, 1.165) is 12.0 Å². The highest BCUT2D eigenvalue weighted by Gasteiger charge is 2.45. The van der Waals surface area contributed by atoms with E-state index in [2.05, 4.69) is 30.7 Å². The number of hydrogen-bond acceptors (Lipinski definition) is 12. The Hall–Kier alpha value is -5.94. The van der Waals surface area contributed by atoms with E-state index < -0.39 is 65.9 Å². The number of nitrogens with one attached hydrogen (secondary N) is 3. The minimum Gasteiger partial charge on any atom is -0.469 e. The van der Waals surface area contributed by atoms with Crippen molar-refractivity contribution >= 4 is 47.9 Å². The fourth-order valence-corrected chi connectivity index (χ4v) is 6.61. The second-order valence-corrected chi connectivity index (χ2v) is 15.9. The molecular weight excluding hydrogens is 825 g/mol. The molecule has 2 aromatic rings. The topological polar surface area (TPSA) is 227 Å². The molecule has 4 rings (SSSR count). The lowest BCUT2D eigenvalue weighted by Crippen LogP contribution is -2.59. The van der Waals surface area contributed by atoms with Crippen LogP contribution in [0.15, 0.2) is 42.9 Å². The number of nitrogens with zero attached hydrogens (tertiary/aromatic N) is 5. The molecule has 3 heterocycles. The summed E-state index contributed by atoms with van der Waals surface area (Å²) in [6.07, 6.45) is 6.00. The monoisotopic (exact) mass is 897 g/mol. The van der Waals surface area contributed by atoms with Crippen LogP contribution in [0.4, 0.5) is 4.79 Å². The summed E-state index contributed by atoms with van der Waals surface area (Å²) in [4.78, 5) is 112. The zero-order valence-corrected chi connectivity index (χ0v) is 39.8. The van der Waals surface area contributed by atoms with Crippen molar-refractivity contribution in [3.05, 3.63) is 59.7 Å². The van der Waals surface area contributed by atoms with Gasteiger partial charge in [0.05, 0.1) is 25.9 Å². The van der Waals surface area contributed by atoms with Crippen molar-refractivity contribution in [2.24, 2.45) is 11.8 Å². The third kappa shape index (κ3) is 18.0. The summed E-state index contributed by atoms with van der Waals surface area (Å²) in [5.41, 5.74) is 2.25. The molecule has 18 nitrogen and oxygen atoms in total. The van der Waals surface area contributed by atoms with Gasteiger partial charge in [0.2, 0.25) is 24.1 Å². The van der Waals surface area contributed by atoms with Gasteiger partial charge in [0.25, 0.3) is 5.91 Å². The number of Topliss-reactive ketones (excluding diaryl/α,β-unsaturated/α-hetero) is 1. The zero-order valence-electron chi connectivity index (χ0n) is 39.8. The molecule has 6 amide bonds. The van der Waals surface area contributed by atoms with Crippen LogP contribution < -0.4 is 16.0 Å². The molecule has 18 heteroatoms. The van der Waals surface area contributed by atoms with E-state index in [-0.39, 0.29) is 42.8 Å². The molecule has 0 saturated carbocycles. The highest BCUT2D eigenvalue weighted by Crippen LogP contribution is 2.26. The molecule has 1 aromatic heterocycles. The van der Waals surface area contributed by atoms with Crippen molar-refractivity contribution < 1.29 is 47.8 Å². The summed E-state index contributed by atoms with van der Waals surface area (Å²) in [7, 11) is 4.76. The van der Waals surface area contributed by atoms with Gasteiger partial charge in [-0.25, -0.2) is 9.78 Å². The van der Waals surface area contributed by atoms with Gasteiger partial charge in [0.1, 0.15) is 29.9 Å². The Morgan fingerprint density at radius 1 is 0.891 bits per heavy atom. The molecule has 2 aliphatic heterocycles. The molecule has 1 saturated heterocycles. The van der Waals surface area contributed by atoms with Crippen molar-refractivity contribution in [3.63, 3.8) is 0 Å². The molecule has 356 valence electrons. The number of hydrogen-bond donors (Lipinski definition) is 3. The standard InChI is InChI=1S/C37H51N7O7.C4H8O2.C3H7NO.C2H6/c1-7-11-27(30(45)8-2)40-34(47)29-18-26(51-37(50)43-17-14-24-12-9-10-13-25(24)20-43)21-44(29)36(49)32(23(5)6)42-35(48)31(22(3)4)41-33(46)28-19-38-15-16-39-28;1-3-4(5)6-2;1-4(2)3-5;1-2/h9-10,12-13,15-16,19,22-23,26-27,29,31-32H,7-8,11,14,17-18,20-21H2,1-6H3,(H,40,47)(H,41,46)(H,42,48);3H2,1-2H3;3H,1-2H3;1-2H3/t26-,27+,29+,31+,32?;;;/m1.../s1. The van der Waals surface area contributed by atoms with Crippen molar-refractivity contribution in [1.82, 2.24) is 40.6 Å². The normalized spacial score (nSPS) is 16.3. The summed E-state index contributed by atoms with van der Waals surface area (Å²) in [5, 5.41) is 8.35. The zero-order chi connectivity index (χ0) is 48.5. The van der Waals surface area contributed by atoms with E-state index in [9.17, 15) is 38.4 Å². The number of ether oxygens (including phenoxy) is 2. The number of benzene rings is 1. The first-order valence-corrected chi connectivity index (χ1v) is 22.1. The number of fused-ring (bicyclic) bond motifs is 1. The van der Waals surface area contributed by atoms with Crippen molar-refractivity contribution in [1.29, 1.82) is 0 Å². The van der Waals surface area contributed by atoms with Crippen LogP contribution in [0.25, 0.3) is 0 Å². The first kappa shape index (κ1) is 56.1. The van der Waals surface area contributed by atoms with E-state index in [1.165, 1.54) is 41.1 Å². The first-order valence-electron chi connectivity index (χ1n) is 22.1. The molecule has 0 aliphatic carbocycles. The molecular formula is C46H72N8O10. The maximum Gasteiger partial charge on any atom is 0.410 e. The van der Waals surface area contributed by atoms with Gasteiger partial charge in [-0.05, 0) is 35.8 Å². The van der Waals surface area contributed by atoms with E-state index in [4.69, 9.17) is 4.74 Å². The smallest absolute Gasteiger partial charge is 0.410 e. The number of carbonyl (C=O) groups excluding carboxylic acids is 8. The number of likely N-dealkylation sites (tertiary alicyclic amines) is 1. The quantitative estimate of drug-likeness (QED) is 0.160. The van der Waals surface area contributed by atoms with Crippen molar-refractivity contribution in [2.45, 2.75) is 138 Å². The lowest BCUT2D eigenvalue weighted by atomic mass is 9.98. The molecule has 5 atom stereocenters. The van der Waals surface area contributed by atoms with Gasteiger partial charge in [0, 0.05) is 58.8 Å². The number of ketones is 1. The van der Waals surface area contributed by atoms with Gasteiger partial charge >= 0.3 is 12.1 Å². The van der Waals surface area contributed by atoms with Crippen LogP contribution in [-0.2, 0) is 51.2 Å². The van der Waals surface area contributed by atoms with Gasteiger partial charge in [-0.2, -0.15) is 0 Å². The fourth-order valence-electron chi connectivity index (χ4n) is 6.61. The average molecular weight is 897 g/mol. The first-order chi connectivity index (χ1) is 30.4. The molecule has 0 bridgehead atoms. The summed E-state index contributed by atoms with van der Waals surface area (Å²) in [6, 6.07) is 4.03. The maximum absolute atomic E-state index is 14.4. The molecule has 1 unspecified atom stereocenters. The van der Waals surface area contributed by atoms with Gasteiger partial charge in [-0.3, -0.25) is 38.5 Å². The van der Waals surface area contributed by atoms with E-state index in [1.807, 2.05) is 45.0 Å². The molecule has 0 spiro atoms. The molecule has 1 aromatic carbocycles. The highest BCUT2D eigenvalue weighted by atomic mass is 16.6. The molecule has 64 heavy (non-hydrogen) atoms. The third-order valence-corrected chi connectivity index (χ3v) is 10.1. The van der Waals surface area contributed by atoms with Crippen LogP contribution in [0, 0.1) is 11.8 Å². The molecule has 2 aliphatic rings. The Morgan fingerprint density at radius 2 is 1.52 bits per heavy atom. The Morgan fingerprint density at radius 3 is 2.02 bits per heavy atom. The summed E-state index contributed by atoms with van der Waals surface area (Å²) < 4.78 is 10.2. The number of methoxy groups -OCH3 is 1. The van der Waals surface area contributed by atoms with Gasteiger partial charge in [-0.15, -0.1) is 0 Å². The number of esters is 1. The summed E-state index contributed by atoms with van der Waals surface area (Å²) >= 11 is 0. The second kappa shape index (κ2) is 29.4. The van der Waals surface area contributed by atoms with Crippen LogP contribution in [0.2, 0.25) is 0 Å². The van der Waals surface area contributed by atoms with Gasteiger partial charge in [0.15, 0.2) is 5.78 Å². The van der Waals surface area contributed by atoms with E-state index >= 15 is 0 Å². The second-order valence-electron chi connectivity index (χ2n) is 15.9. The molecule has 1 fully saturated rings. The van der Waals surface area contributed by atoms with Crippen LogP contribution >= 0.6 is 0 Å². The Bertz CT molecular complexity index is 1800. The minimum atomic E-state index is -1.08. The predicted octanol–water partition coefficient (Wildman–Crippen LogP) is 4.10. The van der Waals surface area contributed by atoms with E-state index in [1.54, 1.807) is 60.5 Å². The Kier molecular flexibility index (Phi) is 25.8. The van der Waals surface area contributed by atoms with Crippen molar-refractivity contribution in [3.8, 4) is 0 Å². The van der Waals surface area contributed by atoms with Crippen LogP contribution in [0.5, 0.6) is 0 Å². The predicted molar refractivity (Wildman–Crippen MR) is 241 cm³/mol. The number of carbonyl (C=O) groups is 8. The minimum absolute atomic E-state index is 0.0223. The van der Waals surface area contributed by atoms with Crippen LogP contribution in [-0.4, -0.2) is 137 Å². The van der Waals surface area contributed by atoms with Crippen molar-refractivity contribution in [2.75, 3.05) is 34.3 Å². The number of amides is 6. The Labute approximate surface area is 379 Å². The summed E-state index contributed by atoms with van der Waals surface area (Å²) in [5.74, 6) is -3.29. The van der Waals surface area contributed by atoms with Crippen LogP contribution in [0.3, 0.4) is 0 Å². The lowest BCUT2D eigenvalue weighted by Gasteiger charge is -2.32. The lowest BCUT2D eigenvalue weighted by molar-refractivity contribution is -0.143. The van der Waals surface area contributed by atoms with E-state index in [0.29, 0.717) is 38.8 Å². The van der Waals surface area contributed by atoms with Gasteiger partial charge < -0.3 is 40.1 Å². The SMILES string of the molecule is CC.CCC(=O)OC.CCC[C@H](NC(=O)[C@@H]1C[C@@H](OC(=O)N2CCc3ccccc3C2)CN1C(=O)C(NC(=O)[C@@H](NC(=O)c1cnccn1)C(C)C)C(C)C)C(=O)CC.CN(C)C=O. The molecule has 0 radical (unpaired) electrons. The third-order valence-electron chi connectivity index (χ3n) is 10.1. The molecule has 3 N–H and O–H groups in total. The van der Waals surface area contributed by atoms with Crippen LogP contribution in [0.1, 0.15) is 116 Å². The van der Waals surface area contributed by atoms with Gasteiger partial charge in [-0.1, -0.05) is 93.0 Å². The largest absolute Gasteiger partial charge is 0.469 e. The maximum atomic E-state index is 14.4.